The van der Waals surface area contributed by atoms with Crippen LogP contribution in [0.15, 0.2) is 22.7 Å². The van der Waals surface area contributed by atoms with Gasteiger partial charge < -0.3 is 19.1 Å². The fraction of sp³-hybridized carbons (Fsp3) is 0.550. The summed E-state index contributed by atoms with van der Waals surface area (Å²) in [7, 11) is 1.66. The van der Waals surface area contributed by atoms with Gasteiger partial charge in [0.1, 0.15) is 5.75 Å². The zero-order chi connectivity index (χ0) is 18.8. The fourth-order valence-corrected chi connectivity index (χ4v) is 4.00. The largest absolute Gasteiger partial charge is 0.496 e. The van der Waals surface area contributed by atoms with Crippen LogP contribution in [0.2, 0.25) is 0 Å². The van der Waals surface area contributed by atoms with Crippen molar-refractivity contribution in [3.63, 3.8) is 0 Å². The van der Waals surface area contributed by atoms with Crippen molar-refractivity contribution in [1.82, 2.24) is 19.9 Å². The highest BCUT2D eigenvalue weighted by atomic mass is 16.5. The number of benzene rings is 1. The highest BCUT2D eigenvalue weighted by Gasteiger charge is 2.31. The highest BCUT2D eigenvalue weighted by molar-refractivity contribution is 5.75. The zero-order valence-electron chi connectivity index (χ0n) is 16.0. The number of nitrogens with zero attached hydrogens (tertiary/aromatic N) is 4. The minimum absolute atomic E-state index is 0.103. The Bertz CT molecular complexity index is 813. The summed E-state index contributed by atoms with van der Waals surface area (Å²) in [6.45, 7) is 5.21. The Hall–Kier alpha value is -2.57. The maximum atomic E-state index is 12.7. The summed E-state index contributed by atoms with van der Waals surface area (Å²) in [6, 6.07) is 6.00. The van der Waals surface area contributed by atoms with Crippen LogP contribution in [0.5, 0.6) is 5.75 Å². The van der Waals surface area contributed by atoms with Gasteiger partial charge in [0.25, 0.3) is 0 Å². The first-order valence-electron chi connectivity index (χ1n) is 9.68. The smallest absolute Gasteiger partial charge is 0.320 e. The van der Waals surface area contributed by atoms with E-state index >= 15 is 0 Å². The van der Waals surface area contributed by atoms with Gasteiger partial charge in [-0.15, -0.1) is 0 Å². The highest BCUT2D eigenvalue weighted by Crippen LogP contribution is 2.30. The molecule has 2 aromatic rings. The summed E-state index contributed by atoms with van der Waals surface area (Å²) in [5.41, 5.74) is 1.94. The van der Waals surface area contributed by atoms with Gasteiger partial charge in [-0.3, -0.25) is 0 Å². The van der Waals surface area contributed by atoms with E-state index in [1.54, 1.807) is 7.11 Å². The first-order chi connectivity index (χ1) is 13.2. The van der Waals surface area contributed by atoms with Crippen LogP contribution >= 0.6 is 0 Å². The summed E-state index contributed by atoms with van der Waals surface area (Å²) in [6.07, 6.45) is 4.14. The lowest BCUT2D eigenvalue weighted by Gasteiger charge is -2.33. The van der Waals surface area contributed by atoms with Crippen LogP contribution < -0.4 is 4.74 Å². The van der Waals surface area contributed by atoms with E-state index in [0.29, 0.717) is 18.3 Å². The molecular formula is C20H26N4O3. The molecule has 7 nitrogen and oxygen atoms in total. The molecule has 0 spiro atoms. The number of piperidine rings is 1. The average molecular weight is 370 g/mol. The lowest BCUT2D eigenvalue weighted by Crippen LogP contribution is -2.46. The maximum Gasteiger partial charge on any atom is 0.320 e. The summed E-state index contributed by atoms with van der Waals surface area (Å²) >= 11 is 0. The lowest BCUT2D eigenvalue weighted by molar-refractivity contribution is 0.142. The number of aromatic nitrogens is 2. The number of carbonyl (C=O) groups is 1. The van der Waals surface area contributed by atoms with Crippen molar-refractivity contribution in [1.29, 1.82) is 0 Å². The minimum atomic E-state index is 0.103. The Kier molecular flexibility index (Phi) is 5.01. The Labute approximate surface area is 159 Å². The first-order valence-corrected chi connectivity index (χ1v) is 9.68. The first kappa shape index (κ1) is 17.8. The molecule has 0 saturated carbocycles. The van der Waals surface area contributed by atoms with E-state index in [4.69, 9.17) is 9.26 Å². The van der Waals surface area contributed by atoms with Crippen LogP contribution in [0.1, 0.15) is 43.1 Å². The van der Waals surface area contributed by atoms with Crippen LogP contribution in [0.4, 0.5) is 4.79 Å². The molecule has 0 N–H and O–H groups in total. The molecule has 0 radical (unpaired) electrons. The van der Waals surface area contributed by atoms with E-state index in [-0.39, 0.29) is 11.9 Å². The Morgan fingerprint density at radius 1 is 1.19 bits per heavy atom. The van der Waals surface area contributed by atoms with Gasteiger partial charge in [-0.25, -0.2) is 4.79 Å². The van der Waals surface area contributed by atoms with Gasteiger partial charge >= 0.3 is 6.03 Å². The van der Waals surface area contributed by atoms with Gasteiger partial charge in [0, 0.05) is 31.7 Å². The van der Waals surface area contributed by atoms with Gasteiger partial charge in [-0.05, 0) is 56.4 Å². The predicted octanol–water partition coefficient (Wildman–Crippen LogP) is 3.45. The van der Waals surface area contributed by atoms with Crippen LogP contribution in [0, 0.1) is 6.92 Å². The maximum absolute atomic E-state index is 12.7. The van der Waals surface area contributed by atoms with E-state index in [1.165, 1.54) is 0 Å². The van der Waals surface area contributed by atoms with E-state index < -0.39 is 0 Å². The second-order valence-electron chi connectivity index (χ2n) is 7.40. The van der Waals surface area contributed by atoms with Crippen LogP contribution in [0.3, 0.4) is 0 Å². The third kappa shape index (κ3) is 3.63. The molecule has 0 aliphatic carbocycles. The Morgan fingerprint density at radius 3 is 2.70 bits per heavy atom. The monoisotopic (exact) mass is 370 g/mol. The molecule has 3 heterocycles. The predicted molar refractivity (Wildman–Crippen MR) is 101 cm³/mol. The zero-order valence-corrected chi connectivity index (χ0v) is 16.0. The SMILES string of the molecule is COc1ccc(-c2noc(C3CCCN(C(=O)N4CCCC4)C3)n2)cc1C. The second kappa shape index (κ2) is 7.58. The van der Waals surface area contributed by atoms with Crippen molar-refractivity contribution in [3.8, 4) is 17.1 Å². The topological polar surface area (TPSA) is 71.7 Å². The molecular weight excluding hydrogens is 344 g/mol. The van der Waals surface area contributed by atoms with Crippen LogP contribution in [0.25, 0.3) is 11.4 Å². The number of hydrogen-bond donors (Lipinski definition) is 0. The van der Waals surface area contributed by atoms with E-state index in [9.17, 15) is 4.79 Å². The van der Waals surface area contributed by atoms with E-state index in [1.807, 2.05) is 34.9 Å². The summed E-state index contributed by atoms with van der Waals surface area (Å²) in [5.74, 6) is 2.15. The molecule has 2 saturated heterocycles. The molecule has 0 bridgehead atoms. The van der Waals surface area contributed by atoms with Crippen molar-refractivity contribution in [2.75, 3.05) is 33.3 Å². The number of aryl methyl sites for hydroxylation is 1. The molecule has 1 unspecified atom stereocenters. The number of hydrogen-bond acceptors (Lipinski definition) is 5. The summed E-state index contributed by atoms with van der Waals surface area (Å²) < 4.78 is 10.9. The molecule has 27 heavy (non-hydrogen) atoms. The molecule has 1 aromatic carbocycles. The molecule has 2 fully saturated rings. The van der Waals surface area contributed by atoms with Crippen molar-refractivity contribution in [3.05, 3.63) is 29.7 Å². The van der Waals surface area contributed by atoms with Gasteiger partial charge in [0.2, 0.25) is 11.7 Å². The van der Waals surface area contributed by atoms with Crippen molar-refractivity contribution >= 4 is 6.03 Å². The number of likely N-dealkylation sites (tertiary alicyclic amines) is 2. The summed E-state index contributed by atoms with van der Waals surface area (Å²) in [5, 5.41) is 4.16. The third-order valence-corrected chi connectivity index (χ3v) is 5.51. The third-order valence-electron chi connectivity index (χ3n) is 5.51. The number of methoxy groups -OCH3 is 1. The quantitative estimate of drug-likeness (QED) is 0.827. The number of carbonyl (C=O) groups excluding carboxylic acids is 1. The van der Waals surface area contributed by atoms with Crippen LogP contribution in [-0.4, -0.2) is 59.3 Å². The van der Waals surface area contributed by atoms with Crippen LogP contribution in [-0.2, 0) is 0 Å². The number of amides is 2. The molecule has 1 atom stereocenters. The van der Waals surface area contributed by atoms with Crippen molar-refractivity contribution in [2.24, 2.45) is 0 Å². The van der Waals surface area contributed by atoms with Gasteiger partial charge in [0.05, 0.1) is 13.0 Å². The normalized spacial score (nSPS) is 20.1. The van der Waals surface area contributed by atoms with Gasteiger partial charge in [-0.2, -0.15) is 4.98 Å². The molecule has 2 aliphatic heterocycles. The molecule has 2 amide bonds. The number of urea groups is 1. The van der Waals surface area contributed by atoms with E-state index in [2.05, 4.69) is 10.1 Å². The average Bonchev–Trinajstić information content (AvgIpc) is 3.39. The Balaban J connectivity index is 1.47. The second-order valence-corrected chi connectivity index (χ2v) is 7.40. The van der Waals surface area contributed by atoms with E-state index in [0.717, 1.165) is 62.2 Å². The van der Waals surface area contributed by atoms with Gasteiger partial charge in [-0.1, -0.05) is 5.16 Å². The lowest BCUT2D eigenvalue weighted by atomic mass is 9.98. The van der Waals surface area contributed by atoms with Crippen molar-refractivity contribution < 1.29 is 14.1 Å². The summed E-state index contributed by atoms with van der Waals surface area (Å²) in [4.78, 5) is 21.2. The fourth-order valence-electron chi connectivity index (χ4n) is 4.00. The molecule has 4 rings (SSSR count). The molecule has 1 aromatic heterocycles. The van der Waals surface area contributed by atoms with Gasteiger partial charge in [0.15, 0.2) is 0 Å². The molecule has 7 heteroatoms. The Morgan fingerprint density at radius 2 is 1.96 bits per heavy atom. The molecule has 144 valence electrons. The number of ether oxygens (including phenoxy) is 1. The minimum Gasteiger partial charge on any atom is -0.496 e. The molecule has 2 aliphatic rings. The van der Waals surface area contributed by atoms with Crippen molar-refractivity contribution in [2.45, 2.75) is 38.5 Å². The number of rotatable bonds is 3. The standard InChI is InChI=1S/C20H26N4O3/c1-14-12-15(7-8-17(14)26-2)18-21-19(27-22-18)16-6-5-11-24(13-16)20(25)23-9-3-4-10-23/h7-8,12,16H,3-6,9-11,13H2,1-2H3.